The SMILES string of the molecule is C[Si](C)(C)CCOCn1ccnc1-c1c(N)n(CC2CC2)c2nc(Cl)ccc2c1=O. The van der Waals surface area contributed by atoms with Crippen molar-refractivity contribution >= 4 is 36.5 Å². The fraction of sp³-hybridized carbons (Fsp3) is 0.476. The number of fused-ring (bicyclic) bond motifs is 1. The Morgan fingerprint density at radius 2 is 2.07 bits per heavy atom. The Morgan fingerprint density at radius 3 is 2.77 bits per heavy atom. The van der Waals surface area contributed by atoms with E-state index in [2.05, 4.69) is 29.6 Å². The Kier molecular flexibility index (Phi) is 5.74. The summed E-state index contributed by atoms with van der Waals surface area (Å²) in [4.78, 5) is 22.2. The molecule has 7 nitrogen and oxygen atoms in total. The van der Waals surface area contributed by atoms with Crippen molar-refractivity contribution in [2.24, 2.45) is 5.92 Å². The molecule has 3 heterocycles. The van der Waals surface area contributed by atoms with Crippen molar-refractivity contribution in [2.75, 3.05) is 12.3 Å². The van der Waals surface area contributed by atoms with Gasteiger partial charge in [-0.05, 0) is 36.9 Å². The molecule has 0 amide bonds. The summed E-state index contributed by atoms with van der Waals surface area (Å²) in [6.07, 6.45) is 5.80. The normalized spacial score (nSPS) is 14.5. The molecule has 30 heavy (non-hydrogen) atoms. The van der Waals surface area contributed by atoms with E-state index < -0.39 is 8.07 Å². The van der Waals surface area contributed by atoms with Gasteiger partial charge in [0.15, 0.2) is 0 Å². The van der Waals surface area contributed by atoms with Gasteiger partial charge in [0.25, 0.3) is 0 Å². The molecule has 0 aromatic carbocycles. The van der Waals surface area contributed by atoms with E-state index in [4.69, 9.17) is 22.1 Å². The lowest BCUT2D eigenvalue weighted by atomic mass is 10.1. The van der Waals surface area contributed by atoms with E-state index in [1.807, 2.05) is 15.3 Å². The van der Waals surface area contributed by atoms with Crippen molar-refractivity contribution < 1.29 is 4.74 Å². The highest BCUT2D eigenvalue weighted by Gasteiger charge is 2.27. The molecule has 1 saturated carbocycles. The molecule has 0 spiro atoms. The minimum absolute atomic E-state index is 0.187. The number of nitrogens with zero attached hydrogens (tertiary/aromatic N) is 4. The second-order valence-electron chi connectivity index (χ2n) is 9.22. The predicted octanol–water partition coefficient (Wildman–Crippen LogP) is 4.22. The number of hydrogen-bond donors (Lipinski definition) is 1. The summed E-state index contributed by atoms with van der Waals surface area (Å²) >= 11 is 6.12. The fourth-order valence-corrected chi connectivity index (χ4v) is 4.35. The highest BCUT2D eigenvalue weighted by Crippen LogP contribution is 2.34. The lowest BCUT2D eigenvalue weighted by Gasteiger charge is -2.18. The number of nitrogens with two attached hydrogens (primary N) is 1. The molecule has 3 aromatic heterocycles. The van der Waals surface area contributed by atoms with Crippen LogP contribution in [0.3, 0.4) is 0 Å². The van der Waals surface area contributed by atoms with Crippen LogP contribution < -0.4 is 11.2 Å². The lowest BCUT2D eigenvalue weighted by molar-refractivity contribution is 0.0883. The van der Waals surface area contributed by atoms with E-state index in [1.165, 1.54) is 0 Å². The number of imidazole rings is 1. The lowest BCUT2D eigenvalue weighted by Crippen LogP contribution is -2.22. The molecule has 0 aliphatic heterocycles. The molecule has 4 rings (SSSR count). The largest absolute Gasteiger partial charge is 0.384 e. The third kappa shape index (κ3) is 4.45. The molecule has 2 N–H and O–H groups in total. The highest BCUT2D eigenvalue weighted by atomic mass is 35.5. The summed E-state index contributed by atoms with van der Waals surface area (Å²) in [5.74, 6) is 1.45. The van der Waals surface area contributed by atoms with Crippen LogP contribution in [0.4, 0.5) is 5.82 Å². The quantitative estimate of drug-likeness (QED) is 0.318. The van der Waals surface area contributed by atoms with Gasteiger partial charge in [-0.3, -0.25) is 4.79 Å². The molecular formula is C21H28ClN5O2Si. The zero-order valence-corrected chi connectivity index (χ0v) is 19.4. The van der Waals surface area contributed by atoms with Gasteiger partial charge in [0.2, 0.25) is 5.43 Å². The first-order chi connectivity index (χ1) is 14.2. The molecule has 0 saturated heterocycles. The van der Waals surface area contributed by atoms with Gasteiger partial charge in [-0.1, -0.05) is 31.2 Å². The van der Waals surface area contributed by atoms with Crippen molar-refractivity contribution in [3.05, 3.63) is 39.9 Å². The Bertz CT molecular complexity index is 1130. The number of rotatable bonds is 8. The third-order valence-electron chi connectivity index (χ3n) is 5.42. The summed E-state index contributed by atoms with van der Waals surface area (Å²) < 4.78 is 9.64. The first kappa shape index (κ1) is 21.1. The van der Waals surface area contributed by atoms with Gasteiger partial charge in [0.05, 0.1) is 5.39 Å². The number of nitrogen functional groups attached to an aromatic ring is 1. The summed E-state index contributed by atoms with van der Waals surface area (Å²) in [6.45, 7) is 8.69. The van der Waals surface area contributed by atoms with Crippen LogP contribution in [0.2, 0.25) is 30.8 Å². The maximum absolute atomic E-state index is 13.4. The smallest absolute Gasteiger partial charge is 0.204 e. The van der Waals surface area contributed by atoms with Gasteiger partial charge in [0, 0.05) is 33.6 Å². The first-order valence-electron chi connectivity index (χ1n) is 10.3. The van der Waals surface area contributed by atoms with E-state index in [-0.39, 0.29) is 5.43 Å². The van der Waals surface area contributed by atoms with Crippen molar-refractivity contribution in [1.82, 2.24) is 19.1 Å². The van der Waals surface area contributed by atoms with Gasteiger partial charge in [-0.2, -0.15) is 0 Å². The molecule has 3 aromatic rings. The summed E-state index contributed by atoms with van der Waals surface area (Å²) in [6, 6.07) is 4.44. The average Bonchev–Trinajstić information content (AvgIpc) is 3.38. The Morgan fingerprint density at radius 1 is 1.30 bits per heavy atom. The van der Waals surface area contributed by atoms with Crippen LogP contribution in [0.1, 0.15) is 12.8 Å². The van der Waals surface area contributed by atoms with Gasteiger partial charge >= 0.3 is 0 Å². The molecule has 0 atom stereocenters. The average molecular weight is 446 g/mol. The van der Waals surface area contributed by atoms with Crippen molar-refractivity contribution in [3.63, 3.8) is 0 Å². The van der Waals surface area contributed by atoms with Gasteiger partial charge < -0.3 is 19.6 Å². The summed E-state index contributed by atoms with van der Waals surface area (Å²) in [5, 5.41) is 0.842. The number of aromatic nitrogens is 4. The van der Waals surface area contributed by atoms with Crippen LogP contribution in [-0.2, 0) is 18.0 Å². The van der Waals surface area contributed by atoms with Crippen LogP contribution in [0.5, 0.6) is 0 Å². The fourth-order valence-electron chi connectivity index (χ4n) is 3.45. The van der Waals surface area contributed by atoms with Crippen molar-refractivity contribution in [1.29, 1.82) is 0 Å². The Labute approximate surface area is 181 Å². The zero-order valence-electron chi connectivity index (χ0n) is 17.7. The monoisotopic (exact) mass is 445 g/mol. The number of halogens is 1. The predicted molar refractivity (Wildman–Crippen MR) is 123 cm³/mol. The van der Waals surface area contributed by atoms with E-state index >= 15 is 0 Å². The van der Waals surface area contributed by atoms with Crippen LogP contribution >= 0.6 is 11.6 Å². The molecule has 0 radical (unpaired) electrons. The van der Waals surface area contributed by atoms with Crippen LogP contribution in [-0.4, -0.2) is 33.8 Å². The molecule has 0 bridgehead atoms. The third-order valence-corrected chi connectivity index (χ3v) is 7.33. The first-order valence-corrected chi connectivity index (χ1v) is 14.4. The van der Waals surface area contributed by atoms with E-state index in [0.717, 1.165) is 25.4 Å². The number of anilines is 1. The van der Waals surface area contributed by atoms with Crippen LogP contribution in [0.25, 0.3) is 22.4 Å². The van der Waals surface area contributed by atoms with Crippen LogP contribution in [0.15, 0.2) is 29.3 Å². The maximum Gasteiger partial charge on any atom is 0.204 e. The molecule has 1 aliphatic rings. The Balaban J connectivity index is 1.74. The van der Waals surface area contributed by atoms with Crippen LogP contribution in [0, 0.1) is 5.92 Å². The van der Waals surface area contributed by atoms with Crippen molar-refractivity contribution in [2.45, 2.75) is 51.8 Å². The van der Waals surface area contributed by atoms with Gasteiger partial charge in [0.1, 0.15) is 34.7 Å². The summed E-state index contributed by atoms with van der Waals surface area (Å²) in [7, 11) is -1.17. The Hall–Kier alpha value is -2.16. The molecule has 9 heteroatoms. The molecule has 1 fully saturated rings. The standard InChI is InChI=1S/C21H28ClN5O2Si/c1-30(2,3)11-10-29-13-26-9-8-24-21(26)17-18(28)15-6-7-16(22)25-20(15)27(19(17)23)12-14-4-5-14/h6-9,14H,4-5,10-13,23H2,1-3H3. The van der Waals surface area contributed by atoms with E-state index in [1.54, 1.807) is 18.3 Å². The highest BCUT2D eigenvalue weighted by molar-refractivity contribution is 6.76. The second kappa shape index (κ2) is 8.17. The minimum Gasteiger partial charge on any atom is -0.384 e. The molecule has 1 aliphatic carbocycles. The zero-order chi connectivity index (χ0) is 21.5. The number of hydrogen-bond acceptors (Lipinski definition) is 5. The minimum atomic E-state index is -1.17. The number of pyridine rings is 2. The van der Waals surface area contributed by atoms with Gasteiger partial charge in [-0.15, -0.1) is 0 Å². The topological polar surface area (TPSA) is 88.0 Å². The van der Waals surface area contributed by atoms with E-state index in [0.29, 0.717) is 52.6 Å². The molecule has 160 valence electrons. The van der Waals surface area contributed by atoms with E-state index in [9.17, 15) is 4.79 Å². The molecular weight excluding hydrogens is 418 g/mol. The molecule has 0 unspecified atom stereocenters. The van der Waals surface area contributed by atoms with Gasteiger partial charge in [-0.25, -0.2) is 9.97 Å². The van der Waals surface area contributed by atoms with Crippen molar-refractivity contribution in [3.8, 4) is 11.4 Å². The second-order valence-corrected chi connectivity index (χ2v) is 15.2. The maximum atomic E-state index is 13.4. The summed E-state index contributed by atoms with van der Waals surface area (Å²) in [5.41, 5.74) is 7.28. The number of ether oxygens (including phenoxy) is 1.